The molecule has 1 fully saturated rings. The van der Waals surface area contributed by atoms with Crippen molar-refractivity contribution in [2.45, 2.75) is 30.2 Å². The molecule has 2 aromatic rings. The van der Waals surface area contributed by atoms with Crippen LogP contribution in [-0.4, -0.2) is 31.6 Å². The topological polar surface area (TPSA) is 95.1 Å². The van der Waals surface area contributed by atoms with E-state index in [2.05, 4.69) is 15.3 Å². The summed E-state index contributed by atoms with van der Waals surface area (Å²) in [6.45, 7) is 1.59. The van der Waals surface area contributed by atoms with Crippen molar-refractivity contribution >= 4 is 22.6 Å². The number of thioether (sulfide) groups is 1. The van der Waals surface area contributed by atoms with Gasteiger partial charge in [-0.1, -0.05) is 17.0 Å². The van der Waals surface area contributed by atoms with Crippen LogP contribution in [0.5, 0.6) is 0 Å². The molecule has 1 saturated carbocycles. The number of aliphatic imine (C=N–C) groups is 1. The molecule has 6 nitrogen and oxygen atoms in total. The van der Waals surface area contributed by atoms with Crippen LogP contribution in [0.3, 0.4) is 0 Å². The average molecular weight is 364 g/mol. The van der Waals surface area contributed by atoms with E-state index in [4.69, 9.17) is 11.5 Å². The Labute approximate surface area is 147 Å². The summed E-state index contributed by atoms with van der Waals surface area (Å²) in [6.07, 6.45) is 2.33. The maximum atomic E-state index is 14.5. The quantitative estimate of drug-likeness (QED) is 0.809. The van der Waals surface area contributed by atoms with Gasteiger partial charge in [0.25, 0.3) is 0 Å². The van der Waals surface area contributed by atoms with E-state index in [1.807, 2.05) is 6.92 Å². The van der Waals surface area contributed by atoms with Gasteiger partial charge in [0.05, 0.1) is 18.4 Å². The third kappa shape index (κ3) is 2.40. The Hall–Kier alpha value is -2.16. The minimum Gasteiger partial charge on any atom is -0.399 e. The number of anilines is 1. The lowest BCUT2D eigenvalue weighted by Gasteiger charge is -2.35. The molecule has 0 spiro atoms. The van der Waals surface area contributed by atoms with Crippen molar-refractivity contribution in [2.24, 2.45) is 16.6 Å². The predicted octanol–water partition coefficient (Wildman–Crippen LogP) is 1.99. The second-order valence-corrected chi connectivity index (χ2v) is 8.14. The van der Waals surface area contributed by atoms with Gasteiger partial charge in [-0.05, 0) is 31.5 Å². The van der Waals surface area contributed by atoms with Crippen LogP contribution in [0, 0.1) is 18.7 Å². The molecule has 132 valence electrons. The highest BCUT2D eigenvalue weighted by molar-refractivity contribution is 8.15. The van der Waals surface area contributed by atoms with Crippen molar-refractivity contribution in [2.75, 3.05) is 12.4 Å². The first kappa shape index (κ1) is 16.3. The summed E-state index contributed by atoms with van der Waals surface area (Å²) >= 11 is 1.41. The fourth-order valence-corrected chi connectivity index (χ4v) is 5.15. The second kappa shape index (κ2) is 5.42. The number of halogens is 2. The lowest BCUT2D eigenvalue weighted by atomic mass is 9.84. The number of aryl methyl sites for hydroxylation is 1. The molecular formula is C16H18F2N6S. The standard InChI is InChI=1S/C16H18F2N6S/c1-9-6-21-23-24(9)8-15-5-13(15)16(7-17,22-14(20)25-15)11-4-10(19)2-3-12(11)18/h2-4,6,13H,5,7-8,19H2,1H3,(H2,20,22)/t13-,15-,16-/m1/s1. The molecule has 0 bridgehead atoms. The van der Waals surface area contributed by atoms with Crippen molar-refractivity contribution in [1.29, 1.82) is 0 Å². The Balaban J connectivity index is 1.78. The zero-order chi connectivity index (χ0) is 17.8. The molecule has 2 heterocycles. The monoisotopic (exact) mass is 364 g/mol. The molecule has 1 aromatic carbocycles. The molecule has 9 heteroatoms. The first-order valence-corrected chi connectivity index (χ1v) is 8.73. The fraction of sp³-hybridized carbons (Fsp3) is 0.438. The van der Waals surface area contributed by atoms with E-state index in [9.17, 15) is 8.78 Å². The van der Waals surface area contributed by atoms with Crippen LogP contribution in [0.1, 0.15) is 17.7 Å². The van der Waals surface area contributed by atoms with E-state index < -0.39 is 18.0 Å². The number of aromatic nitrogens is 3. The summed E-state index contributed by atoms with van der Waals surface area (Å²) in [5, 5.41) is 8.21. The van der Waals surface area contributed by atoms with Gasteiger partial charge in [0.2, 0.25) is 0 Å². The number of nitrogen functional groups attached to an aromatic ring is 1. The van der Waals surface area contributed by atoms with E-state index in [0.29, 0.717) is 18.7 Å². The fourth-order valence-electron chi connectivity index (χ4n) is 3.75. The highest BCUT2D eigenvalue weighted by atomic mass is 32.2. The Morgan fingerprint density at radius 2 is 2.20 bits per heavy atom. The van der Waals surface area contributed by atoms with Crippen LogP contribution in [-0.2, 0) is 12.1 Å². The zero-order valence-corrected chi connectivity index (χ0v) is 14.4. The number of hydrogen-bond acceptors (Lipinski definition) is 6. The number of nitrogens with two attached hydrogens (primary N) is 2. The molecule has 2 aliphatic rings. The molecule has 1 aliphatic carbocycles. The first-order chi connectivity index (χ1) is 11.9. The van der Waals surface area contributed by atoms with Crippen molar-refractivity contribution in [3.8, 4) is 0 Å². The van der Waals surface area contributed by atoms with Crippen LogP contribution < -0.4 is 11.5 Å². The maximum Gasteiger partial charge on any atom is 0.155 e. The molecular weight excluding hydrogens is 346 g/mol. The summed E-state index contributed by atoms with van der Waals surface area (Å²) in [5.41, 5.74) is 11.9. The minimum atomic E-state index is -1.34. The number of benzene rings is 1. The molecule has 4 N–H and O–H groups in total. The van der Waals surface area contributed by atoms with Crippen molar-refractivity contribution in [3.63, 3.8) is 0 Å². The lowest BCUT2D eigenvalue weighted by molar-refractivity contribution is 0.259. The molecule has 0 unspecified atom stereocenters. The molecule has 4 rings (SSSR count). The van der Waals surface area contributed by atoms with Crippen molar-refractivity contribution < 1.29 is 8.78 Å². The summed E-state index contributed by atoms with van der Waals surface area (Å²) in [7, 11) is 0. The average Bonchev–Trinajstić information content (AvgIpc) is 3.16. The van der Waals surface area contributed by atoms with E-state index in [1.165, 1.54) is 30.0 Å². The highest BCUT2D eigenvalue weighted by Gasteiger charge is 2.68. The Bertz CT molecular complexity index is 868. The predicted molar refractivity (Wildman–Crippen MR) is 93.3 cm³/mol. The minimum absolute atomic E-state index is 0.167. The molecule has 0 amide bonds. The maximum absolute atomic E-state index is 14.5. The normalized spacial score (nSPS) is 30.7. The number of amidine groups is 1. The van der Waals surface area contributed by atoms with E-state index in [0.717, 1.165) is 5.69 Å². The van der Waals surface area contributed by atoms with E-state index >= 15 is 0 Å². The molecule has 0 saturated heterocycles. The van der Waals surface area contributed by atoms with Gasteiger partial charge in [-0.15, -0.1) is 5.10 Å². The zero-order valence-electron chi connectivity index (χ0n) is 13.6. The molecule has 1 aromatic heterocycles. The number of alkyl halides is 1. The van der Waals surface area contributed by atoms with Crippen molar-refractivity contribution in [3.05, 3.63) is 41.5 Å². The number of rotatable bonds is 4. The van der Waals surface area contributed by atoms with Gasteiger partial charge < -0.3 is 11.5 Å². The van der Waals surface area contributed by atoms with Gasteiger partial charge in [-0.25, -0.2) is 18.5 Å². The second-order valence-electron chi connectivity index (χ2n) is 6.70. The summed E-state index contributed by atoms with van der Waals surface area (Å²) in [6, 6.07) is 4.17. The van der Waals surface area contributed by atoms with Gasteiger partial charge in [0.15, 0.2) is 5.17 Å². The van der Waals surface area contributed by atoms with Gasteiger partial charge in [-0.3, -0.25) is 0 Å². The van der Waals surface area contributed by atoms with Gasteiger partial charge in [-0.2, -0.15) is 0 Å². The van der Waals surface area contributed by atoms with Crippen LogP contribution in [0.25, 0.3) is 0 Å². The summed E-state index contributed by atoms with van der Waals surface area (Å²) in [5.74, 6) is -0.713. The Kier molecular flexibility index (Phi) is 3.54. The summed E-state index contributed by atoms with van der Waals surface area (Å²) in [4.78, 5) is 4.37. The van der Waals surface area contributed by atoms with Crippen LogP contribution in [0.4, 0.5) is 14.5 Å². The van der Waals surface area contributed by atoms with E-state index in [-0.39, 0.29) is 21.4 Å². The van der Waals surface area contributed by atoms with Crippen LogP contribution in [0.15, 0.2) is 29.4 Å². The van der Waals surface area contributed by atoms with Gasteiger partial charge >= 0.3 is 0 Å². The van der Waals surface area contributed by atoms with E-state index in [1.54, 1.807) is 10.9 Å². The lowest BCUT2D eigenvalue weighted by Crippen LogP contribution is -2.41. The highest BCUT2D eigenvalue weighted by Crippen LogP contribution is 2.66. The smallest absolute Gasteiger partial charge is 0.155 e. The molecule has 1 aliphatic heterocycles. The third-order valence-corrected chi connectivity index (χ3v) is 6.40. The third-order valence-electron chi connectivity index (χ3n) is 5.11. The Morgan fingerprint density at radius 1 is 1.40 bits per heavy atom. The number of hydrogen-bond donors (Lipinski definition) is 2. The number of nitrogens with zero attached hydrogens (tertiary/aromatic N) is 4. The molecule has 25 heavy (non-hydrogen) atoms. The largest absolute Gasteiger partial charge is 0.399 e. The molecule has 0 radical (unpaired) electrons. The number of fused-ring (bicyclic) bond motifs is 1. The Morgan fingerprint density at radius 3 is 2.88 bits per heavy atom. The van der Waals surface area contributed by atoms with Gasteiger partial charge in [0, 0.05) is 21.9 Å². The molecule has 3 atom stereocenters. The summed E-state index contributed by atoms with van der Waals surface area (Å²) < 4.78 is 30.2. The van der Waals surface area contributed by atoms with Gasteiger partial charge in [0.1, 0.15) is 18.0 Å². The van der Waals surface area contributed by atoms with Crippen molar-refractivity contribution in [1.82, 2.24) is 15.0 Å². The van der Waals surface area contributed by atoms with Crippen LogP contribution in [0.2, 0.25) is 0 Å². The first-order valence-electron chi connectivity index (χ1n) is 7.91. The van der Waals surface area contributed by atoms with Crippen LogP contribution >= 0.6 is 11.8 Å². The SMILES string of the molecule is Cc1cnnn1C[C@]12C[C@H]1[C@@](CF)(c1cc(N)ccc1F)N=C(N)S2.